The number of Topliss-reactive ketones (excluding diaryl/α,β-unsaturated/α-hetero) is 2. The first-order valence-corrected chi connectivity index (χ1v) is 15.2. The van der Waals surface area contributed by atoms with E-state index in [9.17, 15) is 19.5 Å². The molecule has 0 unspecified atom stereocenters. The van der Waals surface area contributed by atoms with Gasteiger partial charge >= 0.3 is 5.97 Å². The largest absolute Gasteiger partial charge is 0.487 e. The lowest BCUT2D eigenvalue weighted by Crippen LogP contribution is -2.44. The van der Waals surface area contributed by atoms with Crippen LogP contribution in [0.2, 0.25) is 10.0 Å². The van der Waals surface area contributed by atoms with E-state index in [0.717, 1.165) is 42.8 Å². The van der Waals surface area contributed by atoms with Crippen LogP contribution in [0.4, 0.5) is 0 Å². The molecule has 0 saturated heterocycles. The average Bonchev–Trinajstić information content (AvgIpc) is 2.87. The van der Waals surface area contributed by atoms with Crippen LogP contribution in [-0.4, -0.2) is 34.1 Å². The highest BCUT2D eigenvalue weighted by Gasteiger charge is 2.49. The Kier molecular flexibility index (Phi) is 8.10. The molecule has 0 spiro atoms. The maximum absolute atomic E-state index is 14.1. The van der Waals surface area contributed by atoms with Crippen molar-refractivity contribution in [2.75, 3.05) is 6.54 Å². The van der Waals surface area contributed by atoms with Crippen molar-refractivity contribution >= 4 is 40.7 Å². The molecule has 3 aliphatic rings. The second kappa shape index (κ2) is 11.2. The number of ether oxygens (including phenoxy) is 1. The van der Waals surface area contributed by atoms with Crippen molar-refractivity contribution < 1.29 is 24.2 Å². The summed E-state index contributed by atoms with van der Waals surface area (Å²) >= 11 is 13.4. The minimum atomic E-state index is -1.01. The lowest BCUT2D eigenvalue weighted by molar-refractivity contribution is -0.119. The summed E-state index contributed by atoms with van der Waals surface area (Å²) in [6, 6.07) is 9.80. The Bertz CT molecular complexity index is 1480. The minimum absolute atomic E-state index is 0.0304. The monoisotopic (exact) mass is 609 g/mol. The van der Waals surface area contributed by atoms with Gasteiger partial charge in [0.05, 0.1) is 10.6 Å². The van der Waals surface area contributed by atoms with Gasteiger partial charge in [-0.15, -0.1) is 0 Å². The van der Waals surface area contributed by atoms with Gasteiger partial charge in [0.1, 0.15) is 12.4 Å². The molecule has 42 heavy (non-hydrogen) atoms. The topological polar surface area (TPSA) is 83.9 Å². The van der Waals surface area contributed by atoms with E-state index in [1.807, 2.05) is 0 Å². The van der Waals surface area contributed by atoms with Gasteiger partial charge < -0.3 is 14.7 Å². The van der Waals surface area contributed by atoms with Gasteiger partial charge in [0, 0.05) is 58.4 Å². The normalized spacial score (nSPS) is 20.0. The highest BCUT2D eigenvalue weighted by atomic mass is 35.5. The highest BCUT2D eigenvalue weighted by molar-refractivity contribution is 6.35. The number of allylic oxidation sites excluding steroid dienone is 4. The summed E-state index contributed by atoms with van der Waals surface area (Å²) in [5.74, 6) is -1.22. The van der Waals surface area contributed by atoms with Gasteiger partial charge in [0.2, 0.25) is 0 Å². The molecule has 0 atom stereocenters. The maximum atomic E-state index is 14.1. The number of halogens is 2. The summed E-state index contributed by atoms with van der Waals surface area (Å²) < 4.78 is 6.33. The molecule has 0 bridgehead atoms. The lowest BCUT2D eigenvalue weighted by Gasteiger charge is -2.49. The van der Waals surface area contributed by atoms with Crippen LogP contribution in [0, 0.1) is 10.8 Å². The van der Waals surface area contributed by atoms with E-state index in [1.54, 1.807) is 24.3 Å². The standard InChI is InChI=1S/C34H37Cl2NO5/c1-6-11-37-24-14-33(2,3)16-26(38)29(24)28(30-25(37)15-34(4,5)17-27(30)39)22-12-21(35)13-23(36)31(22)42-18-19-7-9-20(10-8-19)32(40)41/h7-10,12-13,28H,6,11,14-18H2,1-5H3,(H,40,41). The van der Waals surface area contributed by atoms with Crippen LogP contribution >= 0.6 is 23.2 Å². The molecule has 5 rings (SSSR count). The first-order valence-electron chi connectivity index (χ1n) is 14.5. The molecule has 2 aromatic rings. The molecular weight excluding hydrogens is 573 g/mol. The predicted molar refractivity (Wildman–Crippen MR) is 164 cm³/mol. The number of hydrogen-bond acceptors (Lipinski definition) is 5. The number of carbonyl (C=O) groups is 3. The van der Waals surface area contributed by atoms with Crippen LogP contribution in [0.1, 0.15) is 94.1 Å². The smallest absolute Gasteiger partial charge is 0.335 e. The number of aromatic carboxylic acids is 1. The second-order valence-electron chi connectivity index (χ2n) is 13.3. The zero-order valence-corrected chi connectivity index (χ0v) is 26.3. The van der Waals surface area contributed by atoms with Crippen LogP contribution in [0.3, 0.4) is 0 Å². The van der Waals surface area contributed by atoms with Gasteiger partial charge in [0.25, 0.3) is 0 Å². The van der Waals surface area contributed by atoms with Crippen molar-refractivity contribution in [3.05, 3.63) is 85.7 Å². The first kappa shape index (κ1) is 30.4. The van der Waals surface area contributed by atoms with E-state index < -0.39 is 11.9 Å². The Morgan fingerprint density at radius 1 is 0.929 bits per heavy atom. The van der Waals surface area contributed by atoms with Crippen molar-refractivity contribution in [1.29, 1.82) is 0 Å². The fourth-order valence-corrected chi connectivity index (χ4v) is 7.26. The predicted octanol–water partition coefficient (Wildman–Crippen LogP) is 8.37. The van der Waals surface area contributed by atoms with Crippen LogP contribution in [0.15, 0.2) is 58.9 Å². The van der Waals surface area contributed by atoms with Crippen LogP contribution in [0.25, 0.3) is 0 Å². The van der Waals surface area contributed by atoms with Crippen molar-refractivity contribution in [1.82, 2.24) is 4.90 Å². The van der Waals surface area contributed by atoms with Crippen molar-refractivity contribution in [2.45, 2.75) is 79.2 Å². The van der Waals surface area contributed by atoms with Gasteiger partial charge in [-0.2, -0.15) is 0 Å². The maximum Gasteiger partial charge on any atom is 0.335 e. The summed E-state index contributed by atoms with van der Waals surface area (Å²) in [5.41, 5.74) is 4.36. The number of carboxylic acid groups (broad SMARTS) is 1. The van der Waals surface area contributed by atoms with Crippen LogP contribution in [-0.2, 0) is 16.2 Å². The van der Waals surface area contributed by atoms with Crippen molar-refractivity contribution in [2.24, 2.45) is 10.8 Å². The van der Waals surface area contributed by atoms with Gasteiger partial charge in [-0.05, 0) is 59.9 Å². The summed E-state index contributed by atoms with van der Waals surface area (Å²) in [5, 5.41) is 9.92. The quantitative estimate of drug-likeness (QED) is 0.339. The Morgan fingerprint density at radius 2 is 1.48 bits per heavy atom. The van der Waals surface area contributed by atoms with Crippen LogP contribution in [0.5, 0.6) is 5.75 Å². The summed E-state index contributed by atoms with van der Waals surface area (Å²) in [6.07, 6.45) is 3.07. The lowest BCUT2D eigenvalue weighted by atomic mass is 9.63. The molecule has 6 nitrogen and oxygen atoms in total. The number of rotatable bonds is 7. The Labute approximate surface area is 257 Å². The van der Waals surface area contributed by atoms with E-state index in [2.05, 4.69) is 39.5 Å². The third-order valence-corrected chi connectivity index (χ3v) is 8.90. The minimum Gasteiger partial charge on any atom is -0.487 e. The van der Waals surface area contributed by atoms with E-state index in [-0.39, 0.29) is 39.6 Å². The van der Waals surface area contributed by atoms with E-state index in [0.29, 0.717) is 40.3 Å². The third-order valence-electron chi connectivity index (χ3n) is 8.40. The average molecular weight is 611 g/mol. The molecule has 222 valence electrons. The summed E-state index contributed by atoms with van der Waals surface area (Å²) in [4.78, 5) is 41.7. The first-order chi connectivity index (χ1) is 19.7. The summed E-state index contributed by atoms with van der Waals surface area (Å²) in [6.45, 7) is 11.4. The summed E-state index contributed by atoms with van der Waals surface area (Å²) in [7, 11) is 0. The fraction of sp³-hybridized carbons (Fsp3) is 0.441. The molecule has 0 saturated carbocycles. The van der Waals surface area contributed by atoms with E-state index in [4.69, 9.17) is 27.9 Å². The number of carbonyl (C=O) groups excluding carboxylic acids is 2. The fourth-order valence-electron chi connectivity index (χ4n) is 6.70. The van der Waals surface area contributed by atoms with Gasteiger partial charge in [-0.25, -0.2) is 4.79 Å². The molecule has 8 heteroatoms. The second-order valence-corrected chi connectivity index (χ2v) is 14.1. The number of nitrogens with zero attached hydrogens (tertiary/aromatic N) is 1. The molecule has 0 amide bonds. The van der Waals surface area contributed by atoms with E-state index >= 15 is 0 Å². The molecule has 1 aliphatic heterocycles. The van der Waals surface area contributed by atoms with Crippen molar-refractivity contribution in [3.63, 3.8) is 0 Å². The number of benzene rings is 2. The van der Waals surface area contributed by atoms with Crippen LogP contribution < -0.4 is 4.74 Å². The van der Waals surface area contributed by atoms with Gasteiger partial charge in [-0.1, -0.05) is 70.0 Å². The molecule has 0 fully saturated rings. The number of hydrogen-bond donors (Lipinski definition) is 1. The van der Waals surface area contributed by atoms with Gasteiger partial charge in [-0.3, -0.25) is 9.59 Å². The Morgan fingerprint density at radius 3 is 1.98 bits per heavy atom. The van der Waals surface area contributed by atoms with Crippen molar-refractivity contribution in [3.8, 4) is 5.75 Å². The Balaban J connectivity index is 1.69. The molecular formula is C34H37Cl2NO5. The molecule has 0 radical (unpaired) electrons. The number of ketones is 2. The molecule has 1 heterocycles. The molecule has 2 aromatic carbocycles. The SMILES string of the molecule is CCCN1C2=C(C(=O)CC(C)(C)C2)C(c2cc(Cl)cc(Cl)c2OCc2ccc(C(=O)O)cc2)C2=C1CC(C)(C)CC2=O. The zero-order chi connectivity index (χ0) is 30.6. The third kappa shape index (κ3) is 5.76. The Hall–Kier alpha value is -3.09. The zero-order valence-electron chi connectivity index (χ0n) is 24.8. The molecule has 1 N–H and O–H groups in total. The highest BCUT2D eigenvalue weighted by Crippen LogP contribution is 2.56. The molecule has 0 aromatic heterocycles. The van der Waals surface area contributed by atoms with Gasteiger partial charge in [0.15, 0.2) is 11.6 Å². The molecule has 2 aliphatic carbocycles. The number of carboxylic acids is 1. The van der Waals surface area contributed by atoms with E-state index in [1.165, 1.54) is 12.1 Å².